The van der Waals surface area contributed by atoms with Crippen molar-refractivity contribution in [2.75, 3.05) is 0 Å². The van der Waals surface area contributed by atoms with Crippen molar-refractivity contribution in [3.63, 3.8) is 0 Å². The summed E-state index contributed by atoms with van der Waals surface area (Å²) >= 11 is 0. The lowest BCUT2D eigenvalue weighted by atomic mass is 9.73. The Morgan fingerprint density at radius 2 is 1.58 bits per heavy atom. The Balaban J connectivity index is 2.05. The summed E-state index contributed by atoms with van der Waals surface area (Å²) < 4.78 is 0. The molecule has 1 unspecified atom stereocenters. The van der Waals surface area contributed by atoms with Crippen LogP contribution in [0, 0.1) is 31.6 Å². The third-order valence-corrected chi connectivity index (χ3v) is 5.06. The number of benzene rings is 1. The van der Waals surface area contributed by atoms with Crippen molar-refractivity contribution in [1.29, 1.82) is 0 Å². The highest BCUT2D eigenvalue weighted by molar-refractivity contribution is 5.33. The van der Waals surface area contributed by atoms with Gasteiger partial charge < -0.3 is 5.73 Å². The van der Waals surface area contributed by atoms with Gasteiger partial charge in [-0.05, 0) is 68.4 Å². The lowest BCUT2D eigenvalue weighted by Gasteiger charge is -2.34. The van der Waals surface area contributed by atoms with Crippen molar-refractivity contribution in [3.8, 4) is 0 Å². The number of aryl methyl sites for hydroxylation is 2. The first-order chi connectivity index (χ1) is 8.99. The Morgan fingerprint density at radius 1 is 1.00 bits per heavy atom. The minimum Gasteiger partial charge on any atom is -0.324 e. The van der Waals surface area contributed by atoms with Gasteiger partial charge in [0.1, 0.15) is 0 Å². The molecule has 106 valence electrons. The Morgan fingerprint density at radius 3 is 2.16 bits per heavy atom. The van der Waals surface area contributed by atoms with Crippen molar-refractivity contribution >= 4 is 0 Å². The fraction of sp³-hybridized carbons (Fsp3) is 0.667. The van der Waals surface area contributed by atoms with E-state index in [0.717, 1.165) is 11.8 Å². The molecule has 2 N–H and O–H groups in total. The molecule has 1 aromatic rings. The standard InChI is InChI=1S/C18H29N/c1-12(2)15-7-9-16(10-8-15)18(19)17-11-13(3)5-6-14(17)4/h5-6,11-12,15-16,18H,7-10,19H2,1-4H3. The lowest BCUT2D eigenvalue weighted by molar-refractivity contribution is 0.203. The van der Waals surface area contributed by atoms with Gasteiger partial charge in [0.15, 0.2) is 0 Å². The molecule has 0 spiro atoms. The summed E-state index contributed by atoms with van der Waals surface area (Å²) in [6.07, 6.45) is 5.33. The highest BCUT2D eigenvalue weighted by atomic mass is 14.7. The van der Waals surface area contributed by atoms with Crippen LogP contribution in [0.1, 0.15) is 62.3 Å². The van der Waals surface area contributed by atoms with Crippen LogP contribution in [0.4, 0.5) is 0 Å². The Kier molecular flexibility index (Phi) is 4.67. The topological polar surface area (TPSA) is 26.0 Å². The van der Waals surface area contributed by atoms with Crippen LogP contribution in [-0.2, 0) is 0 Å². The lowest BCUT2D eigenvalue weighted by Crippen LogP contribution is -2.28. The predicted octanol–water partition coefficient (Wildman–Crippen LogP) is 4.77. The molecular formula is C18H29N. The molecule has 1 fully saturated rings. The minimum atomic E-state index is 0.230. The first-order valence-electron chi connectivity index (χ1n) is 7.81. The van der Waals surface area contributed by atoms with E-state index < -0.39 is 0 Å². The van der Waals surface area contributed by atoms with Crippen LogP contribution in [0.25, 0.3) is 0 Å². The molecule has 19 heavy (non-hydrogen) atoms. The Labute approximate surface area is 118 Å². The van der Waals surface area contributed by atoms with Gasteiger partial charge in [0.05, 0.1) is 0 Å². The summed E-state index contributed by atoms with van der Waals surface area (Å²) in [5.74, 6) is 2.43. The van der Waals surface area contributed by atoms with Gasteiger partial charge in [-0.15, -0.1) is 0 Å². The van der Waals surface area contributed by atoms with Crippen LogP contribution in [-0.4, -0.2) is 0 Å². The zero-order chi connectivity index (χ0) is 14.0. The van der Waals surface area contributed by atoms with Gasteiger partial charge in [-0.2, -0.15) is 0 Å². The molecule has 0 radical (unpaired) electrons. The minimum absolute atomic E-state index is 0.230. The number of hydrogen-bond acceptors (Lipinski definition) is 1. The molecule has 0 amide bonds. The maximum absolute atomic E-state index is 6.56. The second-order valence-electron chi connectivity index (χ2n) is 6.80. The molecule has 1 aromatic carbocycles. The highest BCUT2D eigenvalue weighted by Gasteiger charge is 2.28. The molecule has 0 heterocycles. The molecule has 0 aliphatic heterocycles. The summed E-state index contributed by atoms with van der Waals surface area (Å²) in [6.45, 7) is 9.06. The van der Waals surface area contributed by atoms with Crippen molar-refractivity contribution < 1.29 is 0 Å². The summed E-state index contributed by atoms with van der Waals surface area (Å²) in [7, 11) is 0. The third kappa shape index (κ3) is 3.39. The zero-order valence-electron chi connectivity index (χ0n) is 12.9. The van der Waals surface area contributed by atoms with Gasteiger partial charge in [0.2, 0.25) is 0 Å². The first kappa shape index (κ1) is 14.6. The van der Waals surface area contributed by atoms with E-state index in [9.17, 15) is 0 Å². The number of nitrogens with two attached hydrogens (primary N) is 1. The summed E-state index contributed by atoms with van der Waals surface area (Å²) in [5, 5.41) is 0. The molecule has 0 bridgehead atoms. The fourth-order valence-electron chi connectivity index (χ4n) is 3.54. The second kappa shape index (κ2) is 6.09. The molecule has 0 saturated heterocycles. The molecule has 1 heteroatoms. The maximum Gasteiger partial charge on any atom is 0.0326 e. The molecule has 1 nitrogen and oxygen atoms in total. The second-order valence-corrected chi connectivity index (χ2v) is 6.80. The average molecular weight is 259 g/mol. The first-order valence-corrected chi connectivity index (χ1v) is 7.81. The SMILES string of the molecule is Cc1ccc(C)c(C(N)C2CCC(C(C)C)CC2)c1. The van der Waals surface area contributed by atoms with Crippen molar-refractivity contribution in [1.82, 2.24) is 0 Å². The van der Waals surface area contributed by atoms with Crippen molar-refractivity contribution in [2.45, 2.75) is 59.4 Å². The fourth-order valence-corrected chi connectivity index (χ4v) is 3.54. The van der Waals surface area contributed by atoms with Gasteiger partial charge in [-0.1, -0.05) is 37.6 Å². The summed E-state index contributed by atoms with van der Waals surface area (Å²) in [5.41, 5.74) is 10.6. The van der Waals surface area contributed by atoms with E-state index in [1.54, 1.807) is 0 Å². The van der Waals surface area contributed by atoms with Crippen molar-refractivity contribution in [2.24, 2.45) is 23.5 Å². The third-order valence-electron chi connectivity index (χ3n) is 5.06. The quantitative estimate of drug-likeness (QED) is 0.831. The van der Waals surface area contributed by atoms with E-state index >= 15 is 0 Å². The molecule has 1 aliphatic carbocycles. The van der Waals surface area contributed by atoms with Gasteiger partial charge in [-0.25, -0.2) is 0 Å². The van der Waals surface area contributed by atoms with Crippen LogP contribution in [0.2, 0.25) is 0 Å². The van der Waals surface area contributed by atoms with Gasteiger partial charge in [-0.3, -0.25) is 0 Å². The monoisotopic (exact) mass is 259 g/mol. The van der Waals surface area contributed by atoms with Crippen molar-refractivity contribution in [3.05, 3.63) is 34.9 Å². The van der Waals surface area contributed by atoms with E-state index in [-0.39, 0.29) is 6.04 Å². The van der Waals surface area contributed by atoms with E-state index in [0.29, 0.717) is 5.92 Å². The van der Waals surface area contributed by atoms with E-state index in [1.807, 2.05) is 0 Å². The van der Waals surface area contributed by atoms with Crippen LogP contribution in [0.15, 0.2) is 18.2 Å². The zero-order valence-corrected chi connectivity index (χ0v) is 12.9. The van der Waals surface area contributed by atoms with E-state index in [4.69, 9.17) is 5.73 Å². The normalized spacial score (nSPS) is 25.6. The van der Waals surface area contributed by atoms with Crippen LogP contribution in [0.3, 0.4) is 0 Å². The summed E-state index contributed by atoms with van der Waals surface area (Å²) in [4.78, 5) is 0. The van der Waals surface area contributed by atoms with Gasteiger partial charge in [0, 0.05) is 6.04 Å². The van der Waals surface area contributed by atoms with E-state index in [2.05, 4.69) is 45.9 Å². The summed E-state index contributed by atoms with van der Waals surface area (Å²) in [6, 6.07) is 6.91. The largest absolute Gasteiger partial charge is 0.324 e. The van der Waals surface area contributed by atoms with E-state index in [1.165, 1.54) is 42.4 Å². The van der Waals surface area contributed by atoms with Gasteiger partial charge >= 0.3 is 0 Å². The van der Waals surface area contributed by atoms with Crippen LogP contribution in [0.5, 0.6) is 0 Å². The molecule has 1 aliphatic rings. The molecular weight excluding hydrogens is 230 g/mol. The molecule has 0 aromatic heterocycles. The Hall–Kier alpha value is -0.820. The molecule has 1 saturated carbocycles. The molecule has 1 atom stereocenters. The Bertz CT molecular complexity index is 414. The highest BCUT2D eigenvalue weighted by Crippen LogP contribution is 2.39. The predicted molar refractivity (Wildman–Crippen MR) is 83.1 cm³/mol. The van der Waals surface area contributed by atoms with Crippen LogP contribution >= 0.6 is 0 Å². The average Bonchev–Trinajstić information content (AvgIpc) is 2.41. The number of hydrogen-bond donors (Lipinski definition) is 1. The smallest absolute Gasteiger partial charge is 0.0326 e. The molecule has 2 rings (SSSR count). The van der Waals surface area contributed by atoms with Gasteiger partial charge in [0.25, 0.3) is 0 Å². The number of rotatable bonds is 3. The van der Waals surface area contributed by atoms with Crippen LogP contribution < -0.4 is 5.73 Å². The maximum atomic E-state index is 6.56.